The van der Waals surface area contributed by atoms with Crippen LogP contribution in [0.5, 0.6) is 0 Å². The van der Waals surface area contributed by atoms with Gasteiger partial charge in [-0.05, 0) is 85.6 Å². The van der Waals surface area contributed by atoms with Crippen LogP contribution in [0.25, 0.3) is 0 Å². The topological polar surface area (TPSA) is 113 Å². The number of amides is 1. The summed E-state index contributed by atoms with van der Waals surface area (Å²) in [6, 6.07) is 15.5. The maximum absolute atomic E-state index is 13.0. The number of halogens is 1. The van der Waals surface area contributed by atoms with Gasteiger partial charge in [0, 0.05) is 11.4 Å². The smallest absolute Gasteiger partial charge is 0.261 e. The quantitative estimate of drug-likeness (QED) is 0.485. The fraction of sp³-hybridized carbons (Fsp3) is 0.174. The van der Waals surface area contributed by atoms with Gasteiger partial charge >= 0.3 is 0 Å². The van der Waals surface area contributed by atoms with Crippen LogP contribution in [0.3, 0.4) is 0 Å². The Hall–Kier alpha value is -3.44. The van der Waals surface area contributed by atoms with E-state index in [0.29, 0.717) is 11.4 Å². The highest BCUT2D eigenvalue weighted by molar-refractivity contribution is 7.92. The van der Waals surface area contributed by atoms with Crippen molar-refractivity contribution in [3.05, 3.63) is 83.7 Å². The van der Waals surface area contributed by atoms with Gasteiger partial charge in [0.25, 0.3) is 10.0 Å². The van der Waals surface area contributed by atoms with Crippen LogP contribution in [0.15, 0.2) is 71.6 Å². The number of carbonyl (C=O) groups excluding carboxylic acids is 1. The first-order valence-electron chi connectivity index (χ1n) is 10.1. The van der Waals surface area contributed by atoms with Crippen LogP contribution in [0.1, 0.15) is 11.1 Å². The second-order valence-electron chi connectivity index (χ2n) is 7.80. The van der Waals surface area contributed by atoms with Crippen molar-refractivity contribution in [1.29, 1.82) is 0 Å². The third-order valence-electron chi connectivity index (χ3n) is 4.73. The Balaban J connectivity index is 1.72. The Bertz CT molecular complexity index is 1390. The molecule has 0 unspecified atom stereocenters. The zero-order valence-corrected chi connectivity index (χ0v) is 20.4. The lowest BCUT2D eigenvalue weighted by atomic mass is 10.1. The minimum absolute atomic E-state index is 0.0668. The summed E-state index contributed by atoms with van der Waals surface area (Å²) in [6.07, 6.45) is 1.02. The molecule has 11 heteroatoms. The standard InChI is InChI=1S/C23H24FN3O5S2/c1-16-12-17(2)14-21(13-16)27(33(3,29)30)15-23(28)25-19-8-10-22(11-9-19)34(31,32)26-20-6-4-18(24)5-7-20/h4-14,26H,15H2,1-3H3,(H,25,28). The Morgan fingerprint density at radius 1 is 0.853 bits per heavy atom. The Morgan fingerprint density at radius 3 is 1.91 bits per heavy atom. The van der Waals surface area contributed by atoms with Crippen molar-refractivity contribution in [1.82, 2.24) is 0 Å². The monoisotopic (exact) mass is 505 g/mol. The highest BCUT2D eigenvalue weighted by Gasteiger charge is 2.22. The minimum Gasteiger partial charge on any atom is -0.325 e. The van der Waals surface area contributed by atoms with E-state index in [1.165, 1.54) is 36.4 Å². The molecular weight excluding hydrogens is 481 g/mol. The number of hydrogen-bond acceptors (Lipinski definition) is 5. The van der Waals surface area contributed by atoms with E-state index < -0.39 is 38.3 Å². The number of nitrogens with zero attached hydrogens (tertiary/aromatic N) is 1. The van der Waals surface area contributed by atoms with Crippen molar-refractivity contribution < 1.29 is 26.0 Å². The molecule has 0 aromatic heterocycles. The molecule has 0 heterocycles. The molecule has 0 aliphatic carbocycles. The zero-order valence-electron chi connectivity index (χ0n) is 18.7. The molecule has 0 saturated carbocycles. The first-order chi connectivity index (χ1) is 15.8. The molecule has 0 spiro atoms. The van der Waals surface area contributed by atoms with Crippen molar-refractivity contribution in [3.63, 3.8) is 0 Å². The Labute approximate surface area is 198 Å². The van der Waals surface area contributed by atoms with Crippen LogP contribution in [0.4, 0.5) is 21.5 Å². The number of carbonyl (C=O) groups is 1. The summed E-state index contributed by atoms with van der Waals surface area (Å²) >= 11 is 0. The predicted octanol–water partition coefficient (Wildman–Crippen LogP) is 3.65. The molecule has 0 aliphatic heterocycles. The average molecular weight is 506 g/mol. The van der Waals surface area contributed by atoms with Crippen LogP contribution in [0.2, 0.25) is 0 Å². The van der Waals surface area contributed by atoms with Crippen LogP contribution in [-0.2, 0) is 24.8 Å². The van der Waals surface area contributed by atoms with Gasteiger partial charge in [0.2, 0.25) is 15.9 Å². The largest absolute Gasteiger partial charge is 0.325 e. The fourth-order valence-electron chi connectivity index (χ4n) is 3.28. The van der Waals surface area contributed by atoms with Gasteiger partial charge in [0.1, 0.15) is 12.4 Å². The molecule has 3 aromatic carbocycles. The summed E-state index contributed by atoms with van der Waals surface area (Å²) < 4.78 is 66.0. The molecule has 180 valence electrons. The molecule has 0 aliphatic rings. The van der Waals surface area contributed by atoms with E-state index in [-0.39, 0.29) is 10.6 Å². The number of anilines is 3. The lowest BCUT2D eigenvalue weighted by molar-refractivity contribution is -0.114. The zero-order chi connectivity index (χ0) is 25.1. The Kier molecular flexibility index (Phi) is 7.27. The lowest BCUT2D eigenvalue weighted by Gasteiger charge is -2.23. The van der Waals surface area contributed by atoms with E-state index in [4.69, 9.17) is 0 Å². The summed E-state index contributed by atoms with van der Waals surface area (Å²) in [6.45, 7) is 3.21. The maximum atomic E-state index is 13.0. The van der Waals surface area contributed by atoms with Crippen LogP contribution in [-0.4, -0.2) is 35.5 Å². The fourth-order valence-corrected chi connectivity index (χ4v) is 5.17. The predicted molar refractivity (Wildman–Crippen MR) is 130 cm³/mol. The van der Waals surface area contributed by atoms with Gasteiger partial charge < -0.3 is 5.32 Å². The van der Waals surface area contributed by atoms with Gasteiger partial charge in [0.15, 0.2) is 0 Å². The first-order valence-corrected chi connectivity index (χ1v) is 13.4. The van der Waals surface area contributed by atoms with Gasteiger partial charge in [-0.2, -0.15) is 0 Å². The number of hydrogen-bond donors (Lipinski definition) is 2. The van der Waals surface area contributed by atoms with Crippen molar-refractivity contribution in [3.8, 4) is 0 Å². The second kappa shape index (κ2) is 9.82. The molecule has 8 nitrogen and oxygen atoms in total. The molecule has 2 N–H and O–H groups in total. The van der Waals surface area contributed by atoms with E-state index in [1.54, 1.807) is 12.1 Å². The number of sulfonamides is 2. The van der Waals surface area contributed by atoms with Gasteiger partial charge in [0.05, 0.1) is 16.8 Å². The number of nitrogens with one attached hydrogen (secondary N) is 2. The summed E-state index contributed by atoms with van der Waals surface area (Å²) in [5.74, 6) is -1.08. The minimum atomic E-state index is -3.93. The van der Waals surface area contributed by atoms with Crippen molar-refractivity contribution in [2.45, 2.75) is 18.7 Å². The normalized spacial score (nSPS) is 11.6. The molecule has 34 heavy (non-hydrogen) atoms. The molecule has 0 radical (unpaired) electrons. The van der Waals surface area contributed by atoms with Crippen molar-refractivity contribution in [2.75, 3.05) is 27.1 Å². The second-order valence-corrected chi connectivity index (χ2v) is 11.4. The van der Waals surface area contributed by atoms with Gasteiger partial charge in [-0.25, -0.2) is 21.2 Å². The number of benzene rings is 3. The molecule has 0 bridgehead atoms. The van der Waals surface area contributed by atoms with E-state index in [1.807, 2.05) is 19.9 Å². The summed E-state index contributed by atoms with van der Waals surface area (Å²) in [7, 11) is -7.66. The first kappa shape index (κ1) is 25.2. The molecule has 3 aromatic rings. The highest BCUT2D eigenvalue weighted by Crippen LogP contribution is 2.22. The van der Waals surface area contributed by atoms with Crippen molar-refractivity contribution in [2.24, 2.45) is 0 Å². The van der Waals surface area contributed by atoms with Crippen LogP contribution >= 0.6 is 0 Å². The molecule has 3 rings (SSSR count). The lowest BCUT2D eigenvalue weighted by Crippen LogP contribution is -2.37. The van der Waals surface area contributed by atoms with Gasteiger partial charge in [-0.3, -0.25) is 13.8 Å². The Morgan fingerprint density at radius 2 is 1.38 bits per heavy atom. The summed E-state index contributed by atoms with van der Waals surface area (Å²) in [5.41, 5.74) is 2.58. The van der Waals surface area contributed by atoms with Gasteiger partial charge in [-0.1, -0.05) is 6.07 Å². The maximum Gasteiger partial charge on any atom is 0.261 e. The van der Waals surface area contributed by atoms with Crippen molar-refractivity contribution >= 4 is 43.0 Å². The highest BCUT2D eigenvalue weighted by atomic mass is 32.2. The SMILES string of the molecule is Cc1cc(C)cc(N(CC(=O)Nc2ccc(S(=O)(=O)Nc3ccc(F)cc3)cc2)S(C)(=O)=O)c1. The third-order valence-corrected chi connectivity index (χ3v) is 7.26. The summed E-state index contributed by atoms with van der Waals surface area (Å²) in [4.78, 5) is 12.5. The summed E-state index contributed by atoms with van der Waals surface area (Å²) in [5, 5.41) is 2.58. The molecular formula is C23H24FN3O5S2. The molecule has 0 atom stereocenters. The van der Waals surface area contributed by atoms with Crippen LogP contribution < -0.4 is 14.3 Å². The van der Waals surface area contributed by atoms with E-state index in [2.05, 4.69) is 10.0 Å². The average Bonchev–Trinajstić information content (AvgIpc) is 2.72. The third kappa shape index (κ3) is 6.55. The van der Waals surface area contributed by atoms with Crippen LogP contribution in [0, 0.1) is 19.7 Å². The molecule has 0 fully saturated rings. The number of rotatable bonds is 8. The molecule has 1 amide bonds. The van der Waals surface area contributed by atoms with Gasteiger partial charge in [-0.15, -0.1) is 0 Å². The van der Waals surface area contributed by atoms with E-state index in [9.17, 15) is 26.0 Å². The number of aryl methyl sites for hydroxylation is 2. The molecule has 0 saturated heterocycles. The van der Waals surface area contributed by atoms with E-state index in [0.717, 1.165) is 33.8 Å². The van der Waals surface area contributed by atoms with E-state index >= 15 is 0 Å².